The SMILES string of the molecule is COc1ccc(C)cc1C(=O)NCc1cc([N+](=O)[O-])ccc1[O-]. The number of hydrogen-bond donors (Lipinski definition) is 1. The molecule has 120 valence electrons. The molecule has 0 radical (unpaired) electrons. The highest BCUT2D eigenvalue weighted by molar-refractivity contribution is 5.97. The zero-order valence-corrected chi connectivity index (χ0v) is 12.7. The van der Waals surface area contributed by atoms with Gasteiger partial charge < -0.3 is 15.2 Å². The Balaban J connectivity index is 2.18. The Morgan fingerprint density at radius 1 is 1.26 bits per heavy atom. The Labute approximate surface area is 132 Å². The number of carbonyl (C=O) groups excluding carboxylic acids is 1. The van der Waals surface area contributed by atoms with E-state index in [-0.39, 0.29) is 23.5 Å². The first-order valence-corrected chi connectivity index (χ1v) is 6.79. The number of nitrogens with one attached hydrogen (secondary N) is 1. The maximum absolute atomic E-state index is 12.3. The number of benzene rings is 2. The zero-order chi connectivity index (χ0) is 17.0. The Hall–Kier alpha value is -3.09. The fraction of sp³-hybridized carbons (Fsp3) is 0.188. The van der Waals surface area contributed by atoms with Crippen LogP contribution in [0.1, 0.15) is 21.5 Å². The van der Waals surface area contributed by atoms with E-state index in [0.717, 1.165) is 23.8 Å². The van der Waals surface area contributed by atoms with Gasteiger partial charge in [-0.05, 0) is 24.6 Å². The molecule has 0 aliphatic carbocycles. The number of nitro benzene ring substituents is 1. The summed E-state index contributed by atoms with van der Waals surface area (Å²) in [6, 6.07) is 8.57. The van der Waals surface area contributed by atoms with Crippen molar-refractivity contribution in [2.75, 3.05) is 7.11 Å². The molecular formula is C16H15N2O5-. The molecule has 2 aromatic carbocycles. The van der Waals surface area contributed by atoms with Gasteiger partial charge in [-0.1, -0.05) is 17.7 Å². The fourth-order valence-electron chi connectivity index (χ4n) is 2.09. The highest BCUT2D eigenvalue weighted by Gasteiger charge is 2.13. The maximum atomic E-state index is 12.3. The van der Waals surface area contributed by atoms with Crippen LogP contribution in [0.15, 0.2) is 36.4 Å². The number of methoxy groups -OCH3 is 1. The van der Waals surface area contributed by atoms with Crippen molar-refractivity contribution in [1.29, 1.82) is 0 Å². The minimum atomic E-state index is -0.589. The molecule has 1 amide bonds. The lowest BCUT2D eigenvalue weighted by Crippen LogP contribution is -2.24. The van der Waals surface area contributed by atoms with Crippen molar-refractivity contribution in [2.24, 2.45) is 0 Å². The topological polar surface area (TPSA) is 105 Å². The number of non-ortho nitro benzene ring substituents is 1. The third kappa shape index (κ3) is 3.76. The van der Waals surface area contributed by atoms with Gasteiger partial charge in [0.05, 0.1) is 17.6 Å². The van der Waals surface area contributed by atoms with Crippen LogP contribution in [0.2, 0.25) is 0 Å². The molecule has 7 nitrogen and oxygen atoms in total. The van der Waals surface area contributed by atoms with Crippen molar-refractivity contribution in [3.05, 3.63) is 63.2 Å². The minimum absolute atomic E-state index is 0.101. The normalized spacial score (nSPS) is 10.2. The molecule has 0 bridgehead atoms. The predicted octanol–water partition coefficient (Wildman–Crippen LogP) is 1.92. The second-order valence-corrected chi connectivity index (χ2v) is 4.94. The van der Waals surface area contributed by atoms with Crippen LogP contribution in [-0.4, -0.2) is 17.9 Å². The Kier molecular flexibility index (Phi) is 4.80. The van der Waals surface area contributed by atoms with Gasteiger partial charge in [0, 0.05) is 18.7 Å². The number of nitro groups is 1. The van der Waals surface area contributed by atoms with Crippen LogP contribution in [0, 0.1) is 17.0 Å². The van der Waals surface area contributed by atoms with Gasteiger partial charge in [0.25, 0.3) is 11.6 Å². The maximum Gasteiger partial charge on any atom is 0.269 e. The van der Waals surface area contributed by atoms with Crippen molar-refractivity contribution in [1.82, 2.24) is 5.32 Å². The van der Waals surface area contributed by atoms with Crippen molar-refractivity contribution in [3.63, 3.8) is 0 Å². The number of carbonyl (C=O) groups is 1. The second kappa shape index (κ2) is 6.78. The van der Waals surface area contributed by atoms with Gasteiger partial charge >= 0.3 is 0 Å². The van der Waals surface area contributed by atoms with E-state index >= 15 is 0 Å². The molecule has 0 aliphatic heterocycles. The summed E-state index contributed by atoms with van der Waals surface area (Å²) in [5.74, 6) is -0.377. The molecule has 23 heavy (non-hydrogen) atoms. The van der Waals surface area contributed by atoms with E-state index in [1.165, 1.54) is 7.11 Å². The first-order valence-electron chi connectivity index (χ1n) is 6.79. The van der Waals surface area contributed by atoms with E-state index in [4.69, 9.17) is 4.74 Å². The van der Waals surface area contributed by atoms with Gasteiger partial charge in [-0.3, -0.25) is 14.9 Å². The van der Waals surface area contributed by atoms with E-state index in [2.05, 4.69) is 5.32 Å². The van der Waals surface area contributed by atoms with Gasteiger partial charge in [-0.2, -0.15) is 0 Å². The molecule has 0 aliphatic rings. The smallest absolute Gasteiger partial charge is 0.269 e. The lowest BCUT2D eigenvalue weighted by molar-refractivity contribution is -0.385. The van der Waals surface area contributed by atoms with Gasteiger partial charge in [0.15, 0.2) is 0 Å². The number of nitrogens with zero attached hydrogens (tertiary/aromatic N) is 1. The van der Waals surface area contributed by atoms with E-state index in [1.54, 1.807) is 12.1 Å². The highest BCUT2D eigenvalue weighted by Crippen LogP contribution is 2.22. The molecule has 0 spiro atoms. The van der Waals surface area contributed by atoms with Crippen molar-refractivity contribution >= 4 is 11.6 Å². The summed E-state index contributed by atoms with van der Waals surface area (Å²) in [4.78, 5) is 22.4. The highest BCUT2D eigenvalue weighted by atomic mass is 16.6. The van der Waals surface area contributed by atoms with Gasteiger partial charge in [-0.15, -0.1) is 5.75 Å². The molecule has 2 aromatic rings. The van der Waals surface area contributed by atoms with Crippen LogP contribution in [0.5, 0.6) is 11.5 Å². The monoisotopic (exact) mass is 315 g/mol. The van der Waals surface area contributed by atoms with Crippen LogP contribution in [0.4, 0.5) is 5.69 Å². The number of rotatable bonds is 5. The molecule has 0 fully saturated rings. The fourth-order valence-corrected chi connectivity index (χ4v) is 2.09. The summed E-state index contributed by atoms with van der Waals surface area (Å²) in [6.45, 7) is 1.74. The first-order chi connectivity index (χ1) is 10.9. The summed E-state index contributed by atoms with van der Waals surface area (Å²) in [5, 5.41) is 25.0. The molecule has 0 saturated heterocycles. The van der Waals surface area contributed by atoms with E-state index in [1.807, 2.05) is 13.0 Å². The van der Waals surface area contributed by atoms with Crippen molar-refractivity contribution in [3.8, 4) is 11.5 Å². The quantitative estimate of drug-likeness (QED) is 0.670. The van der Waals surface area contributed by atoms with Crippen LogP contribution in [-0.2, 0) is 6.54 Å². The zero-order valence-electron chi connectivity index (χ0n) is 12.7. The standard InChI is InChI=1S/C16H16N2O5/c1-10-3-6-15(23-2)13(7-10)16(20)17-9-11-8-12(18(21)22)4-5-14(11)19/h3-8,19H,9H2,1-2H3,(H,17,20)/p-1. The minimum Gasteiger partial charge on any atom is -0.872 e. The number of amides is 1. The lowest BCUT2D eigenvalue weighted by atomic mass is 10.1. The summed E-state index contributed by atoms with van der Waals surface area (Å²) in [7, 11) is 1.46. The van der Waals surface area contributed by atoms with Crippen LogP contribution < -0.4 is 15.2 Å². The average molecular weight is 315 g/mol. The lowest BCUT2D eigenvalue weighted by Gasteiger charge is -2.14. The summed E-state index contributed by atoms with van der Waals surface area (Å²) in [5.41, 5.74) is 1.18. The van der Waals surface area contributed by atoms with E-state index in [0.29, 0.717) is 11.3 Å². The molecule has 0 atom stereocenters. The van der Waals surface area contributed by atoms with E-state index in [9.17, 15) is 20.0 Å². The second-order valence-electron chi connectivity index (χ2n) is 4.94. The molecule has 0 saturated carbocycles. The molecule has 0 unspecified atom stereocenters. The molecule has 0 heterocycles. The molecule has 1 N–H and O–H groups in total. The molecule has 7 heteroatoms. The van der Waals surface area contributed by atoms with Gasteiger partial charge in [-0.25, -0.2) is 0 Å². The van der Waals surface area contributed by atoms with Crippen LogP contribution in [0.3, 0.4) is 0 Å². The van der Waals surface area contributed by atoms with Gasteiger partial charge in [0.1, 0.15) is 5.75 Å². The van der Waals surface area contributed by atoms with Crippen LogP contribution in [0.25, 0.3) is 0 Å². The van der Waals surface area contributed by atoms with Gasteiger partial charge in [0.2, 0.25) is 0 Å². The number of hydrogen-bond acceptors (Lipinski definition) is 5. The predicted molar refractivity (Wildman–Crippen MR) is 81.4 cm³/mol. The number of ether oxygens (including phenoxy) is 1. The molecule has 2 rings (SSSR count). The third-order valence-electron chi connectivity index (χ3n) is 3.29. The largest absolute Gasteiger partial charge is 0.872 e. The molecule has 0 aromatic heterocycles. The third-order valence-corrected chi connectivity index (χ3v) is 3.29. The van der Waals surface area contributed by atoms with Crippen molar-refractivity contribution < 1.29 is 19.6 Å². The average Bonchev–Trinajstić information content (AvgIpc) is 2.53. The van der Waals surface area contributed by atoms with Crippen LogP contribution >= 0.6 is 0 Å². The summed E-state index contributed by atoms with van der Waals surface area (Å²) in [6.07, 6.45) is 0. The Bertz CT molecular complexity index is 758. The summed E-state index contributed by atoms with van der Waals surface area (Å²) >= 11 is 0. The van der Waals surface area contributed by atoms with Crippen molar-refractivity contribution in [2.45, 2.75) is 13.5 Å². The molecular weight excluding hydrogens is 300 g/mol. The first kappa shape index (κ1) is 16.3. The Morgan fingerprint density at radius 3 is 2.65 bits per heavy atom. The summed E-state index contributed by atoms with van der Waals surface area (Å²) < 4.78 is 5.14. The number of aryl methyl sites for hydroxylation is 1. The van der Waals surface area contributed by atoms with E-state index < -0.39 is 10.8 Å². The Morgan fingerprint density at radius 2 is 2.00 bits per heavy atom.